The summed E-state index contributed by atoms with van der Waals surface area (Å²) < 4.78 is 18.4. The highest BCUT2D eigenvalue weighted by atomic mass is 35.5. The van der Waals surface area contributed by atoms with Gasteiger partial charge in [0.2, 0.25) is 0 Å². The summed E-state index contributed by atoms with van der Waals surface area (Å²) in [5.41, 5.74) is 0.801. The first-order valence-electron chi connectivity index (χ1n) is 8.73. The van der Waals surface area contributed by atoms with Crippen LogP contribution in [-0.4, -0.2) is 55.8 Å². The molecule has 1 aromatic heterocycles. The van der Waals surface area contributed by atoms with Crippen LogP contribution in [0.1, 0.15) is 11.6 Å². The van der Waals surface area contributed by atoms with Crippen LogP contribution < -0.4 is 10.2 Å². The predicted octanol–water partition coefficient (Wildman–Crippen LogP) is 3.09. The van der Waals surface area contributed by atoms with E-state index in [2.05, 4.69) is 15.2 Å². The number of piperazine rings is 1. The first-order valence-corrected chi connectivity index (χ1v) is 9.11. The number of pyridine rings is 1. The Morgan fingerprint density at radius 1 is 1.22 bits per heavy atom. The van der Waals surface area contributed by atoms with Gasteiger partial charge >= 0.3 is 6.03 Å². The molecule has 144 valence electrons. The lowest BCUT2D eigenvalue weighted by Crippen LogP contribution is -2.52. The Morgan fingerprint density at radius 2 is 1.93 bits per heavy atom. The zero-order valence-electron chi connectivity index (χ0n) is 15.1. The fourth-order valence-electron chi connectivity index (χ4n) is 3.02. The standard InChI is InChI=1S/C19H22ClFN4O2/c1-27-13-17(14-2-5-16(21)6-3-14)23-19(26)25-10-8-24(9-11-25)18-7-4-15(20)12-22-18/h2-7,12,17H,8-11,13H2,1H3,(H,23,26)/t17-/m0/s1. The lowest BCUT2D eigenvalue weighted by atomic mass is 10.1. The highest BCUT2D eigenvalue weighted by molar-refractivity contribution is 6.30. The molecular formula is C19H22ClFN4O2. The van der Waals surface area contributed by atoms with Crippen molar-refractivity contribution in [3.05, 3.63) is 59.0 Å². The monoisotopic (exact) mass is 392 g/mol. The van der Waals surface area contributed by atoms with Crippen molar-refractivity contribution in [2.75, 3.05) is 44.8 Å². The third kappa shape index (κ3) is 5.08. The van der Waals surface area contributed by atoms with Crippen molar-refractivity contribution in [3.63, 3.8) is 0 Å². The van der Waals surface area contributed by atoms with Gasteiger partial charge in [0.25, 0.3) is 0 Å². The van der Waals surface area contributed by atoms with E-state index >= 15 is 0 Å². The summed E-state index contributed by atoms with van der Waals surface area (Å²) in [4.78, 5) is 20.8. The molecule has 0 radical (unpaired) electrons. The van der Waals surface area contributed by atoms with Crippen molar-refractivity contribution in [1.82, 2.24) is 15.2 Å². The van der Waals surface area contributed by atoms with Gasteiger partial charge in [-0.2, -0.15) is 0 Å². The average Bonchev–Trinajstić information content (AvgIpc) is 2.69. The van der Waals surface area contributed by atoms with Crippen molar-refractivity contribution in [2.45, 2.75) is 6.04 Å². The van der Waals surface area contributed by atoms with Gasteiger partial charge in [-0.15, -0.1) is 0 Å². The normalized spacial score (nSPS) is 15.5. The summed E-state index contributed by atoms with van der Waals surface area (Å²) in [6.45, 7) is 2.85. The molecule has 0 saturated carbocycles. The molecule has 1 aromatic carbocycles. The van der Waals surface area contributed by atoms with E-state index in [9.17, 15) is 9.18 Å². The molecule has 0 aliphatic carbocycles. The summed E-state index contributed by atoms with van der Waals surface area (Å²) in [7, 11) is 1.57. The van der Waals surface area contributed by atoms with E-state index in [-0.39, 0.29) is 17.9 Å². The Labute approximate surface area is 162 Å². The van der Waals surface area contributed by atoms with Crippen LogP contribution in [0.25, 0.3) is 0 Å². The number of carbonyl (C=O) groups is 1. The predicted molar refractivity (Wildman–Crippen MR) is 103 cm³/mol. The van der Waals surface area contributed by atoms with Crippen LogP contribution in [0.2, 0.25) is 5.02 Å². The van der Waals surface area contributed by atoms with Crippen molar-refractivity contribution in [3.8, 4) is 0 Å². The van der Waals surface area contributed by atoms with E-state index in [1.54, 1.807) is 36.4 Å². The van der Waals surface area contributed by atoms with Crippen molar-refractivity contribution >= 4 is 23.4 Å². The Bertz CT molecular complexity index is 749. The minimum Gasteiger partial charge on any atom is -0.382 e. The summed E-state index contributed by atoms with van der Waals surface area (Å²) in [5.74, 6) is 0.538. The van der Waals surface area contributed by atoms with Gasteiger partial charge in [-0.25, -0.2) is 14.2 Å². The van der Waals surface area contributed by atoms with Gasteiger partial charge in [0.05, 0.1) is 17.7 Å². The summed E-state index contributed by atoms with van der Waals surface area (Å²) in [6.07, 6.45) is 1.62. The Hall–Kier alpha value is -2.38. The molecule has 2 amide bonds. The Balaban J connectivity index is 1.57. The molecule has 3 rings (SSSR count). The number of nitrogens with one attached hydrogen (secondary N) is 1. The first kappa shape index (κ1) is 19.4. The maximum absolute atomic E-state index is 13.1. The molecule has 0 bridgehead atoms. The molecule has 1 saturated heterocycles. The molecular weight excluding hydrogens is 371 g/mol. The van der Waals surface area contributed by atoms with Crippen LogP contribution in [-0.2, 0) is 4.74 Å². The topological polar surface area (TPSA) is 57.7 Å². The summed E-state index contributed by atoms with van der Waals surface area (Å²) in [6, 6.07) is 9.25. The van der Waals surface area contributed by atoms with Crippen LogP contribution >= 0.6 is 11.6 Å². The van der Waals surface area contributed by atoms with Crippen molar-refractivity contribution < 1.29 is 13.9 Å². The van der Waals surface area contributed by atoms with Gasteiger partial charge in [0.15, 0.2) is 0 Å². The first-order chi connectivity index (χ1) is 13.1. The molecule has 1 atom stereocenters. The molecule has 2 heterocycles. The molecule has 1 aliphatic heterocycles. The molecule has 8 heteroatoms. The van der Waals surface area contributed by atoms with E-state index in [0.717, 1.165) is 11.4 Å². The van der Waals surface area contributed by atoms with E-state index < -0.39 is 0 Å². The van der Waals surface area contributed by atoms with Crippen molar-refractivity contribution in [1.29, 1.82) is 0 Å². The fourth-order valence-corrected chi connectivity index (χ4v) is 3.13. The van der Waals surface area contributed by atoms with Crippen LogP contribution in [0.15, 0.2) is 42.6 Å². The van der Waals surface area contributed by atoms with Crippen LogP contribution in [0.5, 0.6) is 0 Å². The maximum atomic E-state index is 13.1. The number of benzene rings is 1. The minimum absolute atomic E-state index is 0.162. The van der Waals surface area contributed by atoms with Gasteiger partial charge in [0.1, 0.15) is 11.6 Å². The molecule has 0 unspecified atom stereocenters. The van der Waals surface area contributed by atoms with Crippen LogP contribution in [0, 0.1) is 5.82 Å². The second-order valence-corrected chi connectivity index (χ2v) is 6.75. The van der Waals surface area contributed by atoms with E-state index in [4.69, 9.17) is 16.3 Å². The molecule has 1 aliphatic rings. The number of hydrogen-bond donors (Lipinski definition) is 1. The largest absolute Gasteiger partial charge is 0.382 e. The molecule has 0 spiro atoms. The highest BCUT2D eigenvalue weighted by Gasteiger charge is 2.24. The number of carbonyl (C=O) groups excluding carboxylic acids is 1. The number of ether oxygens (including phenoxy) is 1. The van der Waals surface area contributed by atoms with E-state index in [0.29, 0.717) is 37.8 Å². The van der Waals surface area contributed by atoms with Crippen LogP contribution in [0.3, 0.4) is 0 Å². The number of aromatic nitrogens is 1. The zero-order valence-corrected chi connectivity index (χ0v) is 15.8. The van der Waals surface area contributed by atoms with E-state index in [1.807, 2.05) is 6.07 Å². The second kappa shape index (κ2) is 9.01. The number of hydrogen-bond acceptors (Lipinski definition) is 4. The number of anilines is 1. The molecule has 1 fully saturated rings. The second-order valence-electron chi connectivity index (χ2n) is 6.32. The van der Waals surface area contributed by atoms with Gasteiger partial charge in [-0.05, 0) is 29.8 Å². The van der Waals surface area contributed by atoms with E-state index in [1.165, 1.54) is 12.1 Å². The number of rotatable bonds is 5. The van der Waals surface area contributed by atoms with Crippen LogP contribution in [0.4, 0.5) is 15.0 Å². The van der Waals surface area contributed by atoms with Gasteiger partial charge in [-0.1, -0.05) is 23.7 Å². The number of urea groups is 1. The summed E-state index contributed by atoms with van der Waals surface area (Å²) >= 11 is 5.88. The SMILES string of the molecule is COC[C@H](NC(=O)N1CCN(c2ccc(Cl)cn2)CC1)c1ccc(F)cc1. The average molecular weight is 393 g/mol. The Kier molecular flexibility index (Phi) is 6.47. The highest BCUT2D eigenvalue weighted by Crippen LogP contribution is 2.18. The molecule has 6 nitrogen and oxygen atoms in total. The van der Waals surface area contributed by atoms with Gasteiger partial charge in [0, 0.05) is 39.5 Å². The quantitative estimate of drug-likeness (QED) is 0.849. The number of halogens is 2. The number of nitrogens with zero attached hydrogens (tertiary/aromatic N) is 3. The minimum atomic E-state index is -0.334. The lowest BCUT2D eigenvalue weighted by Gasteiger charge is -2.36. The smallest absolute Gasteiger partial charge is 0.318 e. The van der Waals surface area contributed by atoms with Gasteiger partial charge in [-0.3, -0.25) is 0 Å². The molecule has 2 aromatic rings. The number of amides is 2. The molecule has 1 N–H and O–H groups in total. The fraction of sp³-hybridized carbons (Fsp3) is 0.368. The zero-order chi connectivity index (χ0) is 19.2. The maximum Gasteiger partial charge on any atom is 0.318 e. The molecule has 27 heavy (non-hydrogen) atoms. The van der Waals surface area contributed by atoms with Crippen molar-refractivity contribution in [2.24, 2.45) is 0 Å². The van der Waals surface area contributed by atoms with Gasteiger partial charge < -0.3 is 19.9 Å². The third-order valence-electron chi connectivity index (χ3n) is 4.51. The summed E-state index contributed by atoms with van der Waals surface area (Å²) in [5, 5.41) is 3.57. The third-order valence-corrected chi connectivity index (χ3v) is 4.73. The number of methoxy groups -OCH3 is 1. The lowest BCUT2D eigenvalue weighted by molar-refractivity contribution is 0.153. The Morgan fingerprint density at radius 3 is 2.52 bits per heavy atom.